The number of piperidine rings is 2. The number of Topliss-reactive ketones (excluding diaryl/α,β-unsaturated/α-hetero) is 2. The van der Waals surface area contributed by atoms with Gasteiger partial charge < -0.3 is 14.4 Å². The Bertz CT molecular complexity index is 1370. The van der Waals surface area contributed by atoms with Gasteiger partial charge in [0.2, 0.25) is 0 Å². The molecule has 2 aromatic carbocycles. The summed E-state index contributed by atoms with van der Waals surface area (Å²) < 4.78 is 11.4. The Balaban J connectivity index is 1.04. The smallest absolute Gasteiger partial charge is 0.272 e. The summed E-state index contributed by atoms with van der Waals surface area (Å²) in [6.45, 7) is 5.62. The largest absolute Gasteiger partial charge is 0.497 e. The number of methoxy groups -OCH3 is 1. The van der Waals surface area contributed by atoms with Crippen molar-refractivity contribution in [2.45, 2.75) is 58.1 Å². The van der Waals surface area contributed by atoms with Gasteiger partial charge in [0.05, 0.1) is 7.11 Å². The third-order valence-electron chi connectivity index (χ3n) is 8.46. The number of aromatic nitrogens is 1. The molecule has 226 valence electrons. The zero-order valence-electron chi connectivity index (χ0n) is 25.2. The lowest BCUT2D eigenvalue weighted by molar-refractivity contribution is -0.116. The van der Waals surface area contributed by atoms with Crippen molar-refractivity contribution in [1.29, 1.82) is 0 Å². The van der Waals surface area contributed by atoms with Gasteiger partial charge in [0.1, 0.15) is 29.1 Å². The maximum Gasteiger partial charge on any atom is 0.272 e. The Morgan fingerprint density at radius 3 is 2.07 bits per heavy atom. The number of nitrogens with zero attached hydrogens (tertiary/aromatic N) is 3. The van der Waals surface area contributed by atoms with Crippen LogP contribution in [0.2, 0.25) is 0 Å². The Morgan fingerprint density at radius 1 is 0.814 bits per heavy atom. The number of pyridine rings is 1. The lowest BCUT2D eigenvalue weighted by Crippen LogP contribution is -2.42. The third kappa shape index (κ3) is 8.51. The number of likely N-dealkylation sites (tertiary alicyclic amines) is 2. The van der Waals surface area contributed by atoms with Gasteiger partial charge in [-0.2, -0.15) is 0 Å². The Hall–Kier alpha value is -4.04. The molecule has 0 bridgehead atoms. The summed E-state index contributed by atoms with van der Waals surface area (Å²) in [5, 5.41) is 0. The molecule has 1 aromatic heterocycles. The zero-order valence-corrected chi connectivity index (χ0v) is 25.2. The highest BCUT2D eigenvalue weighted by Crippen LogP contribution is 2.25. The Labute approximate surface area is 254 Å². The zero-order chi connectivity index (χ0) is 30.2. The van der Waals surface area contributed by atoms with Crippen molar-refractivity contribution in [2.75, 3.05) is 33.3 Å². The fraction of sp³-hybridized carbons (Fsp3) is 0.429. The molecule has 0 saturated carbocycles. The molecule has 0 radical (unpaired) electrons. The first-order valence-electron chi connectivity index (χ1n) is 15.2. The maximum atomic E-state index is 13.1. The van der Waals surface area contributed by atoms with Crippen LogP contribution in [0.4, 0.5) is 0 Å². The maximum absolute atomic E-state index is 13.1. The van der Waals surface area contributed by atoms with Crippen LogP contribution >= 0.6 is 0 Å². The van der Waals surface area contributed by atoms with Crippen LogP contribution in [0.15, 0.2) is 66.9 Å². The van der Waals surface area contributed by atoms with E-state index in [0.29, 0.717) is 43.1 Å². The molecule has 1 amide bonds. The Morgan fingerprint density at radius 2 is 1.47 bits per heavy atom. The van der Waals surface area contributed by atoms with Gasteiger partial charge in [0.25, 0.3) is 5.91 Å². The number of amides is 1. The summed E-state index contributed by atoms with van der Waals surface area (Å²) >= 11 is 0. The van der Waals surface area contributed by atoms with E-state index in [9.17, 15) is 14.4 Å². The highest BCUT2D eigenvalue weighted by molar-refractivity contribution is 5.97. The van der Waals surface area contributed by atoms with Gasteiger partial charge in [-0.05, 0) is 86.3 Å². The van der Waals surface area contributed by atoms with Gasteiger partial charge in [-0.15, -0.1) is 0 Å². The van der Waals surface area contributed by atoms with Crippen LogP contribution in [0, 0.1) is 5.92 Å². The summed E-state index contributed by atoms with van der Waals surface area (Å²) in [4.78, 5) is 46.0. The number of carbonyl (C=O) groups excluding carboxylic acids is 3. The first-order chi connectivity index (χ1) is 20.9. The fourth-order valence-corrected chi connectivity index (χ4v) is 5.91. The molecule has 3 aromatic rings. The number of ether oxygens (including phenoxy) is 2. The molecule has 2 aliphatic heterocycles. The lowest BCUT2D eigenvalue weighted by Gasteiger charge is -2.32. The van der Waals surface area contributed by atoms with E-state index in [4.69, 9.17) is 9.47 Å². The van der Waals surface area contributed by atoms with Gasteiger partial charge in [-0.25, -0.2) is 0 Å². The molecular weight excluding hydrogens is 542 g/mol. The summed E-state index contributed by atoms with van der Waals surface area (Å²) in [6, 6.07) is 19.3. The van der Waals surface area contributed by atoms with Crippen LogP contribution in [0.3, 0.4) is 0 Å². The molecule has 5 rings (SSSR count). The fourth-order valence-electron chi connectivity index (χ4n) is 5.91. The van der Waals surface area contributed by atoms with E-state index in [1.807, 2.05) is 36.4 Å². The van der Waals surface area contributed by atoms with Crippen molar-refractivity contribution >= 4 is 17.5 Å². The number of carbonyl (C=O) groups is 3. The number of benzene rings is 2. The topological polar surface area (TPSA) is 89.0 Å². The predicted octanol–water partition coefficient (Wildman–Crippen LogP) is 5.39. The summed E-state index contributed by atoms with van der Waals surface area (Å²) in [5.41, 5.74) is 3.17. The molecule has 0 atom stereocenters. The van der Waals surface area contributed by atoms with Gasteiger partial charge >= 0.3 is 0 Å². The number of hydrogen-bond donors (Lipinski definition) is 0. The minimum absolute atomic E-state index is 0.0324. The van der Waals surface area contributed by atoms with Crippen LogP contribution < -0.4 is 9.47 Å². The number of hydrogen-bond acceptors (Lipinski definition) is 7. The SMILES string of the molecule is COc1ccc(CN2CCC(CC(=O)c3ccc(C(=O)N4CCC(Oc5ccc(CC(C)=O)cc5)CC4)nc3)CC2)cc1. The van der Waals surface area contributed by atoms with Gasteiger partial charge in [-0.3, -0.25) is 24.3 Å². The quantitative estimate of drug-likeness (QED) is 0.280. The monoisotopic (exact) mass is 583 g/mol. The molecule has 8 nitrogen and oxygen atoms in total. The van der Waals surface area contributed by atoms with Crippen LogP contribution in [0.5, 0.6) is 11.5 Å². The summed E-state index contributed by atoms with van der Waals surface area (Å²) in [7, 11) is 1.68. The van der Waals surface area contributed by atoms with Crippen LogP contribution in [-0.2, 0) is 17.8 Å². The van der Waals surface area contributed by atoms with Gasteiger partial charge in [0, 0.05) is 57.1 Å². The van der Waals surface area contributed by atoms with E-state index < -0.39 is 0 Å². The summed E-state index contributed by atoms with van der Waals surface area (Å²) in [5.74, 6) is 2.11. The average molecular weight is 584 g/mol. The second-order valence-electron chi connectivity index (χ2n) is 11.8. The van der Waals surface area contributed by atoms with E-state index in [0.717, 1.165) is 62.4 Å². The lowest BCUT2D eigenvalue weighted by atomic mass is 9.90. The minimum atomic E-state index is -0.115. The van der Waals surface area contributed by atoms with Crippen molar-refractivity contribution in [2.24, 2.45) is 5.92 Å². The van der Waals surface area contributed by atoms with Crippen molar-refractivity contribution < 1.29 is 23.9 Å². The molecule has 0 N–H and O–H groups in total. The third-order valence-corrected chi connectivity index (χ3v) is 8.46. The standard InChI is InChI=1S/C35H41N3O5/c1-25(39)21-26-3-10-31(11-4-26)43-32-15-19-38(20-16-32)35(41)33-12-7-29(23-36-33)34(40)22-27-13-17-37(18-14-27)24-28-5-8-30(42-2)9-6-28/h3-12,23,27,32H,13-22,24H2,1-2H3. The molecule has 3 heterocycles. The molecule has 0 unspecified atom stereocenters. The first-order valence-corrected chi connectivity index (χ1v) is 15.2. The van der Waals surface area contributed by atoms with E-state index in [1.54, 1.807) is 37.3 Å². The second-order valence-corrected chi connectivity index (χ2v) is 11.8. The second kappa shape index (κ2) is 14.4. The molecule has 2 saturated heterocycles. The van der Waals surface area contributed by atoms with E-state index in [-0.39, 0.29) is 23.6 Å². The molecule has 2 fully saturated rings. The highest BCUT2D eigenvalue weighted by Gasteiger charge is 2.26. The first kappa shape index (κ1) is 30.4. The minimum Gasteiger partial charge on any atom is -0.497 e. The molecule has 43 heavy (non-hydrogen) atoms. The van der Waals surface area contributed by atoms with Crippen molar-refractivity contribution in [1.82, 2.24) is 14.8 Å². The van der Waals surface area contributed by atoms with Gasteiger partial charge in [0.15, 0.2) is 5.78 Å². The number of rotatable bonds is 11. The normalized spacial score (nSPS) is 16.6. The van der Waals surface area contributed by atoms with Crippen molar-refractivity contribution in [3.05, 3.63) is 89.2 Å². The van der Waals surface area contributed by atoms with E-state index in [2.05, 4.69) is 22.0 Å². The van der Waals surface area contributed by atoms with Crippen molar-refractivity contribution in [3.8, 4) is 11.5 Å². The van der Waals surface area contributed by atoms with Crippen LogP contribution in [0.25, 0.3) is 0 Å². The number of ketones is 2. The predicted molar refractivity (Wildman–Crippen MR) is 165 cm³/mol. The van der Waals surface area contributed by atoms with Crippen molar-refractivity contribution in [3.63, 3.8) is 0 Å². The van der Waals surface area contributed by atoms with Gasteiger partial charge in [-0.1, -0.05) is 24.3 Å². The van der Waals surface area contributed by atoms with Crippen LogP contribution in [-0.4, -0.2) is 71.7 Å². The summed E-state index contributed by atoms with van der Waals surface area (Å²) in [6.07, 6.45) is 5.99. The highest BCUT2D eigenvalue weighted by atomic mass is 16.5. The average Bonchev–Trinajstić information content (AvgIpc) is 3.03. The van der Waals surface area contributed by atoms with E-state index >= 15 is 0 Å². The van der Waals surface area contributed by atoms with Crippen LogP contribution in [0.1, 0.15) is 71.0 Å². The molecule has 0 spiro atoms. The molecule has 8 heteroatoms. The molecule has 2 aliphatic rings. The molecule has 0 aliphatic carbocycles. The van der Waals surface area contributed by atoms with E-state index in [1.165, 1.54) is 5.56 Å². The Kier molecular flexibility index (Phi) is 10.2. The molecular formula is C35H41N3O5.